The summed E-state index contributed by atoms with van der Waals surface area (Å²) in [5.74, 6) is -2.54. The summed E-state index contributed by atoms with van der Waals surface area (Å²) in [6.07, 6.45) is 1.71. The van der Waals surface area contributed by atoms with Gasteiger partial charge in [-0.15, -0.1) is 0 Å². The third kappa shape index (κ3) is 3.03. The van der Waals surface area contributed by atoms with Crippen molar-refractivity contribution < 1.29 is 8.78 Å². The van der Waals surface area contributed by atoms with Gasteiger partial charge in [0, 0.05) is 12.0 Å². The number of hydrogen-bond donors (Lipinski definition) is 1. The molecule has 0 spiro atoms. The first-order chi connectivity index (χ1) is 8.09. The van der Waals surface area contributed by atoms with Gasteiger partial charge in [0.25, 0.3) is 5.92 Å². The molecule has 1 heterocycles. The van der Waals surface area contributed by atoms with Gasteiger partial charge in [0.15, 0.2) is 0 Å². The van der Waals surface area contributed by atoms with Gasteiger partial charge in [0.05, 0.1) is 0 Å². The van der Waals surface area contributed by atoms with Crippen LogP contribution in [0.5, 0.6) is 0 Å². The monoisotopic (exact) mass is 239 g/mol. The molecule has 94 valence electrons. The van der Waals surface area contributed by atoms with Crippen molar-refractivity contribution in [1.82, 2.24) is 5.32 Å². The van der Waals surface area contributed by atoms with E-state index in [1.165, 1.54) is 0 Å². The average Bonchev–Trinajstić information content (AvgIpc) is 2.30. The fourth-order valence-electron chi connectivity index (χ4n) is 2.54. The van der Waals surface area contributed by atoms with Crippen molar-refractivity contribution in [2.75, 3.05) is 13.1 Å². The van der Waals surface area contributed by atoms with E-state index in [-0.39, 0.29) is 17.9 Å². The lowest BCUT2D eigenvalue weighted by atomic mass is 9.88. The second kappa shape index (κ2) is 5.13. The Morgan fingerprint density at radius 2 is 1.88 bits per heavy atom. The van der Waals surface area contributed by atoms with Crippen LogP contribution in [0.2, 0.25) is 0 Å². The van der Waals surface area contributed by atoms with Gasteiger partial charge < -0.3 is 5.32 Å². The largest absolute Gasteiger partial charge is 0.317 e. The minimum atomic E-state index is -2.69. The molecule has 0 saturated carbocycles. The highest BCUT2D eigenvalue weighted by Crippen LogP contribution is 2.38. The Bertz CT molecular complexity index is 370. The molecule has 1 fully saturated rings. The van der Waals surface area contributed by atoms with Crippen molar-refractivity contribution in [1.29, 1.82) is 0 Å². The summed E-state index contributed by atoms with van der Waals surface area (Å²) in [5, 5.41) is 3.21. The van der Waals surface area contributed by atoms with E-state index < -0.39 is 5.92 Å². The number of aryl methyl sites for hydroxylation is 1. The van der Waals surface area contributed by atoms with Gasteiger partial charge in [-0.05, 0) is 44.3 Å². The Morgan fingerprint density at radius 3 is 2.53 bits per heavy atom. The molecule has 1 nitrogen and oxygen atoms in total. The second-order valence-electron chi connectivity index (χ2n) is 4.92. The molecular formula is C14H19F2N. The Balaban J connectivity index is 2.10. The van der Waals surface area contributed by atoms with Crippen molar-refractivity contribution >= 4 is 0 Å². The van der Waals surface area contributed by atoms with Crippen LogP contribution in [0, 0.1) is 12.8 Å². The minimum absolute atomic E-state index is 0.0144. The molecular weight excluding hydrogens is 220 g/mol. The van der Waals surface area contributed by atoms with Crippen LogP contribution in [0.4, 0.5) is 8.78 Å². The summed E-state index contributed by atoms with van der Waals surface area (Å²) in [7, 11) is 0. The highest BCUT2D eigenvalue weighted by molar-refractivity contribution is 5.29. The molecule has 17 heavy (non-hydrogen) atoms. The third-order valence-electron chi connectivity index (χ3n) is 3.54. The molecule has 1 aliphatic heterocycles. The van der Waals surface area contributed by atoms with Gasteiger partial charge in [-0.3, -0.25) is 0 Å². The van der Waals surface area contributed by atoms with Gasteiger partial charge >= 0.3 is 0 Å². The molecule has 1 aromatic carbocycles. The molecule has 1 aromatic rings. The highest BCUT2D eigenvalue weighted by atomic mass is 19.3. The number of alkyl halides is 2. The molecule has 0 amide bonds. The second-order valence-corrected chi connectivity index (χ2v) is 4.92. The van der Waals surface area contributed by atoms with E-state index in [4.69, 9.17) is 0 Å². The fourth-order valence-corrected chi connectivity index (χ4v) is 2.54. The predicted octanol–water partition coefficient (Wildman–Crippen LogP) is 3.48. The molecule has 0 aromatic heterocycles. The summed E-state index contributed by atoms with van der Waals surface area (Å²) in [5.41, 5.74) is 0.880. The molecule has 0 aliphatic carbocycles. The Hall–Kier alpha value is -0.960. The van der Waals surface area contributed by atoms with Crippen molar-refractivity contribution in [3.05, 3.63) is 35.4 Å². The standard InChI is InChI=1S/C14H19F2N/c1-11-4-2-3-5-13(11)14(15,16)10-12-6-8-17-9-7-12/h2-5,12,17H,6-10H2,1H3. The molecule has 0 atom stereocenters. The zero-order valence-electron chi connectivity index (χ0n) is 10.2. The van der Waals surface area contributed by atoms with Crippen LogP contribution in [-0.2, 0) is 5.92 Å². The van der Waals surface area contributed by atoms with Crippen LogP contribution in [0.25, 0.3) is 0 Å². The van der Waals surface area contributed by atoms with Crippen LogP contribution in [0.15, 0.2) is 24.3 Å². The van der Waals surface area contributed by atoms with Gasteiger partial charge in [0.1, 0.15) is 0 Å². The van der Waals surface area contributed by atoms with Crippen LogP contribution in [0.1, 0.15) is 30.4 Å². The van der Waals surface area contributed by atoms with Gasteiger partial charge in [-0.2, -0.15) is 0 Å². The number of hydrogen-bond acceptors (Lipinski definition) is 1. The summed E-state index contributed by atoms with van der Waals surface area (Å²) in [4.78, 5) is 0. The number of benzene rings is 1. The lowest BCUT2D eigenvalue weighted by Gasteiger charge is -2.27. The van der Waals surface area contributed by atoms with Crippen molar-refractivity contribution in [3.8, 4) is 0 Å². The van der Waals surface area contributed by atoms with E-state index in [2.05, 4.69) is 5.32 Å². The maximum absolute atomic E-state index is 14.2. The first-order valence-electron chi connectivity index (χ1n) is 6.24. The van der Waals surface area contributed by atoms with Crippen LogP contribution >= 0.6 is 0 Å². The van der Waals surface area contributed by atoms with Gasteiger partial charge in [0.2, 0.25) is 0 Å². The summed E-state index contributed by atoms with van der Waals surface area (Å²) >= 11 is 0. The zero-order valence-corrected chi connectivity index (χ0v) is 10.2. The first kappa shape index (κ1) is 12.5. The highest BCUT2D eigenvalue weighted by Gasteiger charge is 2.35. The van der Waals surface area contributed by atoms with Crippen molar-refractivity contribution in [3.63, 3.8) is 0 Å². The first-order valence-corrected chi connectivity index (χ1v) is 6.24. The fraction of sp³-hybridized carbons (Fsp3) is 0.571. The van der Waals surface area contributed by atoms with E-state index in [1.54, 1.807) is 31.2 Å². The Morgan fingerprint density at radius 1 is 1.24 bits per heavy atom. The lowest BCUT2D eigenvalue weighted by molar-refractivity contribution is -0.0331. The molecule has 1 aliphatic rings. The molecule has 2 rings (SSSR count). The predicted molar refractivity (Wildman–Crippen MR) is 65.3 cm³/mol. The number of piperidine rings is 1. The average molecular weight is 239 g/mol. The van der Waals surface area contributed by atoms with Crippen LogP contribution in [-0.4, -0.2) is 13.1 Å². The Kier molecular flexibility index (Phi) is 3.77. The number of halogens is 2. The molecule has 0 unspecified atom stereocenters. The molecule has 1 N–H and O–H groups in total. The topological polar surface area (TPSA) is 12.0 Å². The quantitative estimate of drug-likeness (QED) is 0.851. The molecule has 0 bridgehead atoms. The van der Waals surface area contributed by atoms with Crippen molar-refractivity contribution in [2.45, 2.75) is 32.1 Å². The maximum Gasteiger partial charge on any atom is 0.273 e. The molecule has 3 heteroatoms. The lowest BCUT2D eigenvalue weighted by Crippen LogP contribution is -2.31. The normalized spacial score (nSPS) is 18.3. The van der Waals surface area contributed by atoms with Crippen LogP contribution < -0.4 is 5.32 Å². The maximum atomic E-state index is 14.2. The van der Waals surface area contributed by atoms with E-state index in [9.17, 15) is 8.78 Å². The van der Waals surface area contributed by atoms with E-state index in [1.807, 2.05) is 0 Å². The van der Waals surface area contributed by atoms with E-state index in [0.29, 0.717) is 5.56 Å². The third-order valence-corrected chi connectivity index (χ3v) is 3.54. The smallest absolute Gasteiger partial charge is 0.273 e. The number of nitrogens with one attached hydrogen (secondary N) is 1. The molecule has 1 saturated heterocycles. The minimum Gasteiger partial charge on any atom is -0.317 e. The van der Waals surface area contributed by atoms with Gasteiger partial charge in [-0.1, -0.05) is 24.3 Å². The van der Waals surface area contributed by atoms with Crippen LogP contribution in [0.3, 0.4) is 0 Å². The van der Waals surface area contributed by atoms with Gasteiger partial charge in [-0.25, -0.2) is 8.78 Å². The van der Waals surface area contributed by atoms with E-state index >= 15 is 0 Å². The summed E-state index contributed by atoms with van der Waals surface area (Å²) < 4.78 is 28.4. The van der Waals surface area contributed by atoms with Crippen molar-refractivity contribution in [2.24, 2.45) is 5.92 Å². The SMILES string of the molecule is Cc1ccccc1C(F)(F)CC1CCNCC1. The zero-order chi connectivity index (χ0) is 12.3. The number of rotatable bonds is 3. The summed E-state index contributed by atoms with van der Waals surface area (Å²) in [6.45, 7) is 3.49. The van der Waals surface area contributed by atoms with E-state index in [0.717, 1.165) is 25.9 Å². The Labute approximate surface area is 101 Å². The summed E-state index contributed by atoms with van der Waals surface area (Å²) in [6, 6.07) is 6.81. The molecule has 0 radical (unpaired) electrons.